The maximum atomic E-state index is 11.5. The highest BCUT2D eigenvalue weighted by molar-refractivity contribution is 6.34. The molecule has 0 aliphatic heterocycles. The predicted octanol–water partition coefficient (Wildman–Crippen LogP) is 3.97. The van der Waals surface area contributed by atoms with Crippen LogP contribution in [-0.4, -0.2) is 41.0 Å². The number of allylic oxidation sites excluding steroid dienone is 1. The van der Waals surface area contributed by atoms with Gasteiger partial charge in [0.2, 0.25) is 5.91 Å². The largest absolute Gasteiger partial charge is 0.379 e. The van der Waals surface area contributed by atoms with Gasteiger partial charge in [0, 0.05) is 37.8 Å². The summed E-state index contributed by atoms with van der Waals surface area (Å²) in [6.07, 6.45) is 7.76. The zero-order valence-electron chi connectivity index (χ0n) is 17.0. The van der Waals surface area contributed by atoms with Gasteiger partial charge in [0.25, 0.3) is 0 Å². The zero-order valence-corrected chi connectivity index (χ0v) is 17.8. The quantitative estimate of drug-likeness (QED) is 0.520. The highest BCUT2D eigenvalue weighted by Gasteiger charge is 2.26. The van der Waals surface area contributed by atoms with Gasteiger partial charge in [0.05, 0.1) is 16.9 Å². The molecule has 156 valence electrons. The number of anilines is 2. The van der Waals surface area contributed by atoms with Crippen molar-refractivity contribution in [2.45, 2.75) is 25.3 Å². The molecule has 1 aromatic carbocycles. The number of fused-ring (bicyclic) bond motifs is 1. The molecule has 0 fully saturated rings. The molecule has 4 rings (SSSR count). The van der Waals surface area contributed by atoms with Crippen LogP contribution in [0.25, 0.3) is 22.6 Å². The number of nitrogens with zero attached hydrogens (tertiary/aromatic N) is 3. The lowest BCUT2D eigenvalue weighted by molar-refractivity contribution is -0.119. The number of hydrogen-bond donors (Lipinski definition) is 3. The average Bonchev–Trinajstić information content (AvgIpc) is 3.15. The molecule has 2 unspecified atom stereocenters. The zero-order chi connectivity index (χ0) is 21.3. The van der Waals surface area contributed by atoms with Gasteiger partial charge in [-0.15, -0.1) is 0 Å². The summed E-state index contributed by atoms with van der Waals surface area (Å²) in [5.41, 5.74) is 9.62. The van der Waals surface area contributed by atoms with Crippen molar-refractivity contribution in [3.8, 4) is 11.4 Å². The molecule has 0 bridgehead atoms. The van der Waals surface area contributed by atoms with E-state index in [9.17, 15) is 4.79 Å². The van der Waals surface area contributed by atoms with Crippen LogP contribution in [-0.2, 0) is 4.79 Å². The van der Waals surface area contributed by atoms with Gasteiger partial charge < -0.3 is 20.9 Å². The van der Waals surface area contributed by atoms with Gasteiger partial charge in [0.15, 0.2) is 5.65 Å². The van der Waals surface area contributed by atoms with E-state index < -0.39 is 0 Å². The highest BCUT2D eigenvalue weighted by Crippen LogP contribution is 2.34. The minimum absolute atomic E-state index is 0.0525. The monoisotopic (exact) mass is 424 g/mol. The Hall–Kier alpha value is -3.06. The summed E-state index contributed by atoms with van der Waals surface area (Å²) < 4.78 is 0. The number of amides is 1. The van der Waals surface area contributed by atoms with Crippen LogP contribution < -0.4 is 16.0 Å². The number of pyridine rings is 1. The van der Waals surface area contributed by atoms with Gasteiger partial charge >= 0.3 is 0 Å². The number of H-pyrrole nitrogens is 1. The first-order valence-corrected chi connectivity index (χ1v) is 10.3. The molecule has 2 aromatic heterocycles. The van der Waals surface area contributed by atoms with Gasteiger partial charge in [-0.3, -0.25) is 4.79 Å². The molecule has 1 aliphatic rings. The van der Waals surface area contributed by atoms with Crippen molar-refractivity contribution in [3.05, 3.63) is 47.6 Å². The van der Waals surface area contributed by atoms with Crippen molar-refractivity contribution in [1.82, 2.24) is 15.0 Å². The SMILES string of the molecule is CN(C)c1ccc(-c2nc3ncc(Cl)c(NC4CC=CCC4CC(N)=O)c3[nH]2)cc1. The molecule has 0 saturated heterocycles. The van der Waals surface area contributed by atoms with E-state index in [4.69, 9.17) is 17.3 Å². The number of halogens is 1. The number of nitrogens with two attached hydrogens (primary N) is 1. The topological polar surface area (TPSA) is 99.9 Å². The molecule has 1 aliphatic carbocycles. The third-order valence-corrected chi connectivity index (χ3v) is 5.78. The van der Waals surface area contributed by atoms with Gasteiger partial charge in [-0.1, -0.05) is 23.8 Å². The smallest absolute Gasteiger partial charge is 0.217 e. The lowest BCUT2D eigenvalue weighted by Gasteiger charge is -2.29. The van der Waals surface area contributed by atoms with Crippen molar-refractivity contribution < 1.29 is 4.79 Å². The van der Waals surface area contributed by atoms with Crippen LogP contribution in [0.1, 0.15) is 19.3 Å². The number of rotatable bonds is 6. The van der Waals surface area contributed by atoms with Crippen LogP contribution in [0.4, 0.5) is 11.4 Å². The Morgan fingerprint density at radius 1 is 1.27 bits per heavy atom. The lowest BCUT2D eigenvalue weighted by Crippen LogP contribution is -2.33. The maximum absolute atomic E-state index is 11.5. The minimum atomic E-state index is -0.293. The number of imidazole rings is 1. The number of hydrogen-bond acceptors (Lipinski definition) is 5. The van der Waals surface area contributed by atoms with Crippen molar-refractivity contribution in [2.75, 3.05) is 24.3 Å². The maximum Gasteiger partial charge on any atom is 0.217 e. The summed E-state index contributed by atoms with van der Waals surface area (Å²) in [6.45, 7) is 0. The van der Waals surface area contributed by atoms with E-state index in [1.807, 2.05) is 43.3 Å². The number of aromatic amines is 1. The fourth-order valence-corrected chi connectivity index (χ4v) is 4.04. The first kappa shape index (κ1) is 20.2. The Bertz CT molecular complexity index is 1090. The van der Waals surface area contributed by atoms with Gasteiger partial charge in [-0.25, -0.2) is 9.97 Å². The number of carbonyl (C=O) groups is 1. The molecule has 7 nitrogen and oxygen atoms in total. The summed E-state index contributed by atoms with van der Waals surface area (Å²) in [6, 6.07) is 8.19. The summed E-state index contributed by atoms with van der Waals surface area (Å²) in [5, 5.41) is 4.03. The molecule has 0 saturated carbocycles. The first-order chi connectivity index (χ1) is 14.4. The first-order valence-electron chi connectivity index (χ1n) is 9.94. The molecule has 1 amide bonds. The Kier molecular flexibility index (Phi) is 5.63. The van der Waals surface area contributed by atoms with E-state index in [2.05, 4.69) is 32.4 Å². The van der Waals surface area contributed by atoms with Crippen LogP contribution in [0, 0.1) is 5.92 Å². The second-order valence-corrected chi connectivity index (χ2v) is 8.24. The van der Waals surface area contributed by atoms with Crippen LogP contribution in [0.5, 0.6) is 0 Å². The molecule has 30 heavy (non-hydrogen) atoms. The number of carbonyl (C=O) groups excluding carboxylic acids is 1. The van der Waals surface area contributed by atoms with E-state index in [1.165, 1.54) is 0 Å². The molecule has 0 spiro atoms. The molecule has 0 radical (unpaired) electrons. The van der Waals surface area contributed by atoms with E-state index in [-0.39, 0.29) is 17.9 Å². The third kappa shape index (κ3) is 4.11. The molecule has 3 aromatic rings. The molecule has 8 heteroatoms. The Labute approximate surface area is 180 Å². The van der Waals surface area contributed by atoms with Crippen molar-refractivity contribution in [3.63, 3.8) is 0 Å². The minimum Gasteiger partial charge on any atom is -0.379 e. The second-order valence-electron chi connectivity index (χ2n) is 7.83. The van der Waals surface area contributed by atoms with Gasteiger partial charge in [-0.05, 0) is 43.0 Å². The van der Waals surface area contributed by atoms with Gasteiger partial charge in [-0.2, -0.15) is 0 Å². The number of aromatic nitrogens is 3. The van der Waals surface area contributed by atoms with Crippen LogP contribution >= 0.6 is 11.6 Å². The van der Waals surface area contributed by atoms with E-state index in [1.54, 1.807) is 6.20 Å². The molecule has 2 heterocycles. The van der Waals surface area contributed by atoms with Crippen molar-refractivity contribution in [1.29, 1.82) is 0 Å². The van der Waals surface area contributed by atoms with Crippen molar-refractivity contribution >= 4 is 40.0 Å². The third-order valence-electron chi connectivity index (χ3n) is 5.49. The molecule has 2 atom stereocenters. The highest BCUT2D eigenvalue weighted by atomic mass is 35.5. The van der Waals surface area contributed by atoms with Crippen molar-refractivity contribution in [2.24, 2.45) is 11.7 Å². The van der Waals surface area contributed by atoms with E-state index in [0.29, 0.717) is 17.1 Å². The number of nitrogens with one attached hydrogen (secondary N) is 2. The summed E-state index contributed by atoms with van der Waals surface area (Å²) in [5.74, 6) is 0.552. The second kappa shape index (κ2) is 8.36. The standard InChI is InChI=1S/C22H25ClN6O/c1-29(2)15-9-7-13(8-10-15)21-27-20-19(16(23)12-25-22(20)28-21)26-17-6-4-3-5-14(17)11-18(24)30/h3-4,7-10,12,14,17H,5-6,11H2,1-2H3,(H2,24,30)(H2,25,26,27,28). The van der Waals surface area contributed by atoms with Crippen LogP contribution in [0.2, 0.25) is 5.02 Å². The number of primary amides is 1. The van der Waals surface area contributed by atoms with Crippen LogP contribution in [0.15, 0.2) is 42.6 Å². The normalized spacial score (nSPS) is 18.5. The molecular weight excluding hydrogens is 400 g/mol. The van der Waals surface area contributed by atoms with Crippen LogP contribution in [0.3, 0.4) is 0 Å². The molecule has 4 N–H and O–H groups in total. The summed E-state index contributed by atoms with van der Waals surface area (Å²) in [7, 11) is 4.01. The van der Waals surface area contributed by atoms with Gasteiger partial charge in [0.1, 0.15) is 11.3 Å². The average molecular weight is 425 g/mol. The Balaban J connectivity index is 1.67. The lowest BCUT2D eigenvalue weighted by atomic mass is 9.86. The van der Waals surface area contributed by atoms with E-state index >= 15 is 0 Å². The summed E-state index contributed by atoms with van der Waals surface area (Å²) >= 11 is 6.50. The molecular formula is C22H25ClN6O. The fraction of sp³-hybridized carbons (Fsp3) is 0.318. The van der Waals surface area contributed by atoms with E-state index in [0.717, 1.165) is 41.1 Å². The fourth-order valence-electron chi connectivity index (χ4n) is 3.85. The Morgan fingerprint density at radius 2 is 2.00 bits per heavy atom. The Morgan fingerprint density at radius 3 is 2.70 bits per heavy atom. The predicted molar refractivity (Wildman–Crippen MR) is 122 cm³/mol. The number of benzene rings is 1. The summed E-state index contributed by atoms with van der Waals surface area (Å²) in [4.78, 5) is 25.9.